The summed E-state index contributed by atoms with van der Waals surface area (Å²) >= 11 is 0. The minimum absolute atomic E-state index is 0.0741. The zero-order valence-electron chi connectivity index (χ0n) is 11.2. The number of aryl methyl sites for hydroxylation is 1. The smallest absolute Gasteiger partial charge is 0.244 e. The lowest BCUT2D eigenvalue weighted by atomic mass is 9.87. The highest BCUT2D eigenvalue weighted by atomic mass is 16.3. The maximum Gasteiger partial charge on any atom is 0.244 e. The van der Waals surface area contributed by atoms with E-state index < -0.39 is 0 Å². The third kappa shape index (κ3) is 4.52. The first-order valence-electron chi connectivity index (χ1n) is 6.76. The summed E-state index contributed by atoms with van der Waals surface area (Å²) in [6, 6.07) is 0. The maximum absolute atomic E-state index is 11.7. The predicted molar refractivity (Wildman–Crippen MR) is 73.2 cm³/mol. The van der Waals surface area contributed by atoms with Gasteiger partial charge in [0, 0.05) is 31.4 Å². The van der Waals surface area contributed by atoms with Gasteiger partial charge in [-0.25, -0.2) is 0 Å². The van der Waals surface area contributed by atoms with Crippen molar-refractivity contribution >= 4 is 12.0 Å². The van der Waals surface area contributed by atoms with Gasteiger partial charge in [0.15, 0.2) is 0 Å². The fourth-order valence-electron chi connectivity index (χ4n) is 2.35. The average Bonchev–Trinajstić information content (AvgIpc) is 2.81. The van der Waals surface area contributed by atoms with E-state index in [2.05, 4.69) is 10.4 Å². The molecule has 1 aliphatic rings. The number of amides is 1. The van der Waals surface area contributed by atoms with Crippen molar-refractivity contribution in [2.45, 2.75) is 31.8 Å². The first-order chi connectivity index (χ1) is 9.13. The molecule has 0 aliphatic heterocycles. The fourth-order valence-corrected chi connectivity index (χ4v) is 2.35. The van der Waals surface area contributed by atoms with Crippen molar-refractivity contribution in [1.29, 1.82) is 0 Å². The van der Waals surface area contributed by atoms with Crippen LogP contribution in [0.25, 0.3) is 6.08 Å². The summed E-state index contributed by atoms with van der Waals surface area (Å²) in [5.74, 6) is 0.425. The van der Waals surface area contributed by atoms with Crippen LogP contribution in [0.1, 0.15) is 31.2 Å². The van der Waals surface area contributed by atoms with Crippen LogP contribution in [-0.4, -0.2) is 33.4 Å². The summed E-state index contributed by atoms with van der Waals surface area (Å²) in [6.45, 7) is 0.697. The molecule has 1 saturated carbocycles. The van der Waals surface area contributed by atoms with Gasteiger partial charge in [-0.2, -0.15) is 5.10 Å². The number of aromatic nitrogens is 2. The van der Waals surface area contributed by atoms with Gasteiger partial charge in [-0.15, -0.1) is 0 Å². The number of aliphatic hydroxyl groups is 1. The van der Waals surface area contributed by atoms with E-state index in [0.29, 0.717) is 12.5 Å². The molecular formula is C14H21N3O2. The molecular weight excluding hydrogens is 242 g/mol. The van der Waals surface area contributed by atoms with Crippen LogP contribution in [0.15, 0.2) is 18.5 Å². The molecule has 5 nitrogen and oxygen atoms in total. The monoisotopic (exact) mass is 263 g/mol. The van der Waals surface area contributed by atoms with Gasteiger partial charge in [0.2, 0.25) is 5.91 Å². The number of hydrogen-bond donors (Lipinski definition) is 2. The van der Waals surface area contributed by atoms with E-state index in [9.17, 15) is 9.90 Å². The molecule has 0 aromatic carbocycles. The van der Waals surface area contributed by atoms with Crippen LogP contribution in [0.5, 0.6) is 0 Å². The molecule has 2 rings (SSSR count). The van der Waals surface area contributed by atoms with Crippen LogP contribution in [0, 0.1) is 5.92 Å². The molecule has 0 saturated heterocycles. The molecule has 0 atom stereocenters. The van der Waals surface area contributed by atoms with Gasteiger partial charge >= 0.3 is 0 Å². The van der Waals surface area contributed by atoms with Gasteiger partial charge in [-0.1, -0.05) is 0 Å². The minimum Gasteiger partial charge on any atom is -0.393 e. The Morgan fingerprint density at radius 3 is 2.89 bits per heavy atom. The van der Waals surface area contributed by atoms with Gasteiger partial charge in [0.25, 0.3) is 0 Å². The lowest BCUT2D eigenvalue weighted by Gasteiger charge is -2.25. The topological polar surface area (TPSA) is 67.2 Å². The van der Waals surface area contributed by atoms with Crippen LogP contribution < -0.4 is 5.32 Å². The molecule has 1 aliphatic carbocycles. The quantitative estimate of drug-likeness (QED) is 0.799. The highest BCUT2D eigenvalue weighted by Crippen LogP contribution is 2.23. The number of aliphatic hydroxyl groups excluding tert-OH is 1. The van der Waals surface area contributed by atoms with Gasteiger partial charge < -0.3 is 10.4 Å². The minimum atomic E-state index is -0.141. The van der Waals surface area contributed by atoms with Gasteiger partial charge in [-0.05, 0) is 37.7 Å². The van der Waals surface area contributed by atoms with Crippen molar-refractivity contribution in [2.75, 3.05) is 6.54 Å². The summed E-state index contributed by atoms with van der Waals surface area (Å²) in [5.41, 5.74) is 0.915. The molecule has 104 valence electrons. The SMILES string of the molecule is Cn1cc(/C=C/C(=O)NCC2CCC(O)CC2)cn1. The standard InChI is InChI=1S/C14H21N3O2/c1-17-10-12(9-16-17)4-7-14(19)15-8-11-2-5-13(18)6-3-11/h4,7,9-11,13,18H,2-3,5-6,8H2,1H3,(H,15,19)/b7-4+. The van der Waals surface area contributed by atoms with Gasteiger partial charge in [0.1, 0.15) is 0 Å². The Bertz CT molecular complexity index is 445. The Labute approximate surface area is 113 Å². The first kappa shape index (κ1) is 13.8. The molecule has 1 amide bonds. The number of nitrogens with one attached hydrogen (secondary N) is 1. The lowest BCUT2D eigenvalue weighted by Crippen LogP contribution is -2.31. The summed E-state index contributed by atoms with van der Waals surface area (Å²) < 4.78 is 1.70. The van der Waals surface area contributed by atoms with Crippen molar-refractivity contribution < 1.29 is 9.90 Å². The van der Waals surface area contributed by atoms with E-state index >= 15 is 0 Å². The Hall–Kier alpha value is -1.62. The van der Waals surface area contributed by atoms with Crippen LogP contribution in [0.4, 0.5) is 0 Å². The summed E-state index contributed by atoms with van der Waals surface area (Å²) in [7, 11) is 1.84. The van der Waals surface area contributed by atoms with Crippen molar-refractivity contribution in [3.63, 3.8) is 0 Å². The van der Waals surface area contributed by atoms with Crippen LogP contribution >= 0.6 is 0 Å². The summed E-state index contributed by atoms with van der Waals surface area (Å²) in [5, 5.41) is 16.4. The molecule has 1 fully saturated rings. The van der Waals surface area contributed by atoms with Crippen LogP contribution in [0.2, 0.25) is 0 Å². The third-order valence-electron chi connectivity index (χ3n) is 3.53. The number of carbonyl (C=O) groups excluding carboxylic acids is 1. The highest BCUT2D eigenvalue weighted by molar-refractivity contribution is 5.91. The molecule has 0 radical (unpaired) electrons. The molecule has 1 aromatic rings. The Morgan fingerprint density at radius 1 is 1.53 bits per heavy atom. The maximum atomic E-state index is 11.7. The molecule has 1 heterocycles. The molecule has 19 heavy (non-hydrogen) atoms. The zero-order chi connectivity index (χ0) is 13.7. The number of carbonyl (C=O) groups is 1. The Kier molecular flexibility index (Phi) is 4.74. The van der Waals surface area contributed by atoms with Crippen LogP contribution in [0.3, 0.4) is 0 Å². The summed E-state index contributed by atoms with van der Waals surface area (Å²) in [4.78, 5) is 11.7. The van der Waals surface area contributed by atoms with E-state index in [4.69, 9.17) is 0 Å². The van der Waals surface area contributed by atoms with Gasteiger partial charge in [0.05, 0.1) is 12.3 Å². The molecule has 1 aromatic heterocycles. The number of nitrogens with zero attached hydrogens (tertiary/aromatic N) is 2. The average molecular weight is 263 g/mol. The van der Waals surface area contributed by atoms with E-state index in [-0.39, 0.29) is 12.0 Å². The van der Waals surface area contributed by atoms with E-state index in [0.717, 1.165) is 31.2 Å². The van der Waals surface area contributed by atoms with Crippen molar-refractivity contribution in [3.05, 3.63) is 24.0 Å². The van der Waals surface area contributed by atoms with Crippen molar-refractivity contribution in [1.82, 2.24) is 15.1 Å². The Balaban J connectivity index is 1.71. The third-order valence-corrected chi connectivity index (χ3v) is 3.53. The fraction of sp³-hybridized carbons (Fsp3) is 0.571. The first-order valence-corrected chi connectivity index (χ1v) is 6.76. The zero-order valence-corrected chi connectivity index (χ0v) is 11.2. The second-order valence-electron chi connectivity index (χ2n) is 5.20. The molecule has 5 heteroatoms. The highest BCUT2D eigenvalue weighted by Gasteiger charge is 2.19. The van der Waals surface area contributed by atoms with Crippen molar-refractivity contribution in [3.8, 4) is 0 Å². The predicted octanol–water partition coefficient (Wildman–Crippen LogP) is 1.10. The lowest BCUT2D eigenvalue weighted by molar-refractivity contribution is -0.116. The van der Waals surface area contributed by atoms with E-state index in [1.165, 1.54) is 6.08 Å². The van der Waals surface area contributed by atoms with E-state index in [1.54, 1.807) is 17.0 Å². The second kappa shape index (κ2) is 6.52. The molecule has 0 spiro atoms. The van der Waals surface area contributed by atoms with Gasteiger partial charge in [-0.3, -0.25) is 9.48 Å². The molecule has 0 bridgehead atoms. The largest absolute Gasteiger partial charge is 0.393 e. The summed E-state index contributed by atoms with van der Waals surface area (Å²) in [6.07, 6.45) is 10.4. The number of hydrogen-bond acceptors (Lipinski definition) is 3. The van der Waals surface area contributed by atoms with Crippen LogP contribution in [-0.2, 0) is 11.8 Å². The van der Waals surface area contributed by atoms with E-state index in [1.807, 2.05) is 13.2 Å². The number of rotatable bonds is 4. The normalized spacial score (nSPS) is 23.7. The Morgan fingerprint density at radius 2 is 2.26 bits per heavy atom. The second-order valence-corrected chi connectivity index (χ2v) is 5.20. The van der Waals surface area contributed by atoms with Crippen molar-refractivity contribution in [2.24, 2.45) is 13.0 Å². The molecule has 2 N–H and O–H groups in total. The molecule has 0 unspecified atom stereocenters.